The molecule has 0 aromatic carbocycles. The highest BCUT2D eigenvalue weighted by Gasteiger charge is 2.46. The second-order valence-corrected chi connectivity index (χ2v) is 4.66. The Balaban J connectivity index is 2.83. The minimum atomic E-state index is -4.32. The van der Waals surface area contributed by atoms with Crippen molar-refractivity contribution >= 4 is 5.91 Å². The Hall–Kier alpha value is -0.780. The lowest BCUT2D eigenvalue weighted by Crippen LogP contribution is -2.62. The first-order valence-corrected chi connectivity index (χ1v) is 5.93. The van der Waals surface area contributed by atoms with Gasteiger partial charge in [-0.1, -0.05) is 26.2 Å². The third kappa shape index (κ3) is 3.34. The third-order valence-electron chi connectivity index (χ3n) is 3.61. The van der Waals surface area contributed by atoms with Gasteiger partial charge in [-0.15, -0.1) is 0 Å². The molecule has 2 atom stereocenters. The van der Waals surface area contributed by atoms with Gasteiger partial charge in [0.15, 0.2) is 0 Å². The van der Waals surface area contributed by atoms with Crippen LogP contribution < -0.4 is 11.1 Å². The maximum Gasteiger partial charge on any atom is 0.401 e. The summed E-state index contributed by atoms with van der Waals surface area (Å²) in [4.78, 5) is 11.6. The van der Waals surface area contributed by atoms with Crippen LogP contribution in [0.4, 0.5) is 13.2 Å². The van der Waals surface area contributed by atoms with Crippen LogP contribution >= 0.6 is 0 Å². The van der Waals surface area contributed by atoms with Crippen molar-refractivity contribution in [3.63, 3.8) is 0 Å². The minimum Gasteiger partial charge on any atom is -0.368 e. The minimum absolute atomic E-state index is 0.101. The molecule has 1 aliphatic carbocycles. The summed E-state index contributed by atoms with van der Waals surface area (Å²) >= 11 is 0. The summed E-state index contributed by atoms with van der Waals surface area (Å²) in [6.45, 7) is 0.718. The summed E-state index contributed by atoms with van der Waals surface area (Å²) in [7, 11) is 0. The fraction of sp³-hybridized carbons (Fsp3) is 0.909. The van der Waals surface area contributed by atoms with Crippen LogP contribution in [-0.2, 0) is 4.79 Å². The Morgan fingerprint density at radius 3 is 2.59 bits per heavy atom. The van der Waals surface area contributed by atoms with Gasteiger partial charge >= 0.3 is 6.18 Å². The molecule has 1 rings (SSSR count). The molecule has 2 unspecified atom stereocenters. The van der Waals surface area contributed by atoms with E-state index in [-0.39, 0.29) is 5.92 Å². The van der Waals surface area contributed by atoms with Crippen molar-refractivity contribution in [2.75, 3.05) is 6.54 Å². The molecule has 1 fully saturated rings. The fourth-order valence-corrected chi connectivity index (χ4v) is 2.70. The molecule has 0 bridgehead atoms. The zero-order valence-corrected chi connectivity index (χ0v) is 9.94. The first kappa shape index (κ1) is 14.3. The maximum atomic E-state index is 12.3. The fourth-order valence-electron chi connectivity index (χ4n) is 2.70. The largest absolute Gasteiger partial charge is 0.401 e. The van der Waals surface area contributed by atoms with Gasteiger partial charge in [0, 0.05) is 0 Å². The molecular formula is C11H19F3N2O. The van der Waals surface area contributed by atoms with Gasteiger partial charge in [-0.05, 0) is 18.8 Å². The van der Waals surface area contributed by atoms with Crippen molar-refractivity contribution in [2.24, 2.45) is 11.7 Å². The predicted octanol–water partition coefficient (Wildman–Crippen LogP) is 1.96. The lowest BCUT2D eigenvalue weighted by molar-refractivity contribution is -0.140. The molecule has 1 aliphatic rings. The van der Waals surface area contributed by atoms with E-state index in [0.717, 1.165) is 19.3 Å². The number of halogens is 3. The van der Waals surface area contributed by atoms with Crippen LogP contribution in [0.1, 0.15) is 39.0 Å². The first-order chi connectivity index (χ1) is 7.82. The number of primary amides is 1. The molecule has 100 valence electrons. The topological polar surface area (TPSA) is 55.1 Å². The highest BCUT2D eigenvalue weighted by molar-refractivity contribution is 5.85. The van der Waals surface area contributed by atoms with E-state index in [1.807, 2.05) is 6.92 Å². The van der Waals surface area contributed by atoms with E-state index >= 15 is 0 Å². The highest BCUT2D eigenvalue weighted by atomic mass is 19.4. The number of alkyl halides is 3. The van der Waals surface area contributed by atoms with Crippen LogP contribution in [-0.4, -0.2) is 24.2 Å². The summed E-state index contributed by atoms with van der Waals surface area (Å²) in [6, 6.07) is 0. The standard InChI is InChI=1S/C11H19F3N2O/c1-2-8-5-3-4-6-10(8,9(15)17)16-7-11(12,13)14/h8,16H,2-7H2,1H3,(H2,15,17). The van der Waals surface area contributed by atoms with Gasteiger partial charge in [0.2, 0.25) is 5.91 Å². The van der Waals surface area contributed by atoms with Crippen molar-refractivity contribution in [1.82, 2.24) is 5.32 Å². The van der Waals surface area contributed by atoms with E-state index in [1.165, 1.54) is 0 Å². The predicted molar refractivity (Wildman–Crippen MR) is 58.2 cm³/mol. The molecule has 0 heterocycles. The lowest BCUT2D eigenvalue weighted by atomic mass is 9.71. The highest BCUT2D eigenvalue weighted by Crippen LogP contribution is 2.36. The molecule has 0 aromatic rings. The molecule has 3 nitrogen and oxygen atoms in total. The summed E-state index contributed by atoms with van der Waals surface area (Å²) in [5, 5.41) is 2.38. The van der Waals surface area contributed by atoms with Crippen molar-refractivity contribution in [3.8, 4) is 0 Å². The number of hydrogen-bond acceptors (Lipinski definition) is 2. The number of amides is 1. The smallest absolute Gasteiger partial charge is 0.368 e. The number of carbonyl (C=O) groups excluding carboxylic acids is 1. The summed E-state index contributed by atoms with van der Waals surface area (Å²) in [5.74, 6) is -0.760. The van der Waals surface area contributed by atoms with Gasteiger partial charge in [0.05, 0.1) is 6.54 Å². The van der Waals surface area contributed by atoms with Gasteiger partial charge in [0.1, 0.15) is 5.54 Å². The number of nitrogens with two attached hydrogens (primary N) is 1. The molecule has 0 spiro atoms. The molecular weight excluding hydrogens is 233 g/mol. The van der Waals surface area contributed by atoms with Crippen LogP contribution in [0.25, 0.3) is 0 Å². The molecule has 17 heavy (non-hydrogen) atoms. The lowest BCUT2D eigenvalue weighted by Gasteiger charge is -2.42. The zero-order valence-electron chi connectivity index (χ0n) is 9.94. The number of rotatable bonds is 4. The average Bonchev–Trinajstić information content (AvgIpc) is 2.25. The Morgan fingerprint density at radius 1 is 1.47 bits per heavy atom. The van der Waals surface area contributed by atoms with E-state index in [2.05, 4.69) is 5.32 Å². The van der Waals surface area contributed by atoms with E-state index in [4.69, 9.17) is 5.73 Å². The maximum absolute atomic E-state index is 12.3. The first-order valence-electron chi connectivity index (χ1n) is 5.93. The molecule has 0 aromatic heterocycles. The Morgan fingerprint density at radius 2 is 2.12 bits per heavy atom. The van der Waals surface area contributed by atoms with Crippen LogP contribution in [0.15, 0.2) is 0 Å². The molecule has 0 radical (unpaired) electrons. The van der Waals surface area contributed by atoms with E-state index in [0.29, 0.717) is 12.8 Å². The Bertz CT molecular complexity index is 280. The molecule has 0 aliphatic heterocycles. The van der Waals surface area contributed by atoms with Gasteiger partial charge in [-0.3, -0.25) is 10.1 Å². The summed E-state index contributed by atoms with van der Waals surface area (Å²) < 4.78 is 36.8. The summed E-state index contributed by atoms with van der Waals surface area (Å²) in [5.41, 5.74) is 4.15. The van der Waals surface area contributed by atoms with E-state index < -0.39 is 24.2 Å². The molecule has 6 heteroatoms. The normalized spacial score (nSPS) is 30.2. The van der Waals surface area contributed by atoms with Gasteiger partial charge in [-0.25, -0.2) is 0 Å². The van der Waals surface area contributed by atoms with E-state index in [1.54, 1.807) is 0 Å². The monoisotopic (exact) mass is 252 g/mol. The summed E-state index contributed by atoms with van der Waals surface area (Å²) in [6.07, 6.45) is -0.821. The Kier molecular flexibility index (Phi) is 4.41. The van der Waals surface area contributed by atoms with Gasteiger partial charge in [-0.2, -0.15) is 13.2 Å². The zero-order chi connectivity index (χ0) is 13.1. The molecule has 0 saturated heterocycles. The van der Waals surface area contributed by atoms with Crippen LogP contribution in [0.5, 0.6) is 0 Å². The number of carbonyl (C=O) groups is 1. The van der Waals surface area contributed by atoms with Crippen LogP contribution in [0, 0.1) is 5.92 Å². The van der Waals surface area contributed by atoms with Crippen molar-refractivity contribution in [2.45, 2.75) is 50.7 Å². The molecule has 1 amide bonds. The number of nitrogens with one attached hydrogen (secondary N) is 1. The second-order valence-electron chi connectivity index (χ2n) is 4.66. The quantitative estimate of drug-likeness (QED) is 0.803. The van der Waals surface area contributed by atoms with E-state index in [9.17, 15) is 18.0 Å². The van der Waals surface area contributed by atoms with Gasteiger partial charge < -0.3 is 5.73 Å². The van der Waals surface area contributed by atoms with Crippen LogP contribution in [0.2, 0.25) is 0 Å². The average molecular weight is 252 g/mol. The van der Waals surface area contributed by atoms with Crippen molar-refractivity contribution in [1.29, 1.82) is 0 Å². The second kappa shape index (κ2) is 5.25. The third-order valence-corrected chi connectivity index (χ3v) is 3.61. The van der Waals surface area contributed by atoms with Crippen molar-refractivity contribution < 1.29 is 18.0 Å². The number of hydrogen-bond donors (Lipinski definition) is 2. The Labute approximate surface area is 98.9 Å². The van der Waals surface area contributed by atoms with Gasteiger partial charge in [0.25, 0.3) is 0 Å². The van der Waals surface area contributed by atoms with Crippen LogP contribution in [0.3, 0.4) is 0 Å². The van der Waals surface area contributed by atoms with Crippen molar-refractivity contribution in [3.05, 3.63) is 0 Å². The molecule has 1 saturated carbocycles. The molecule has 3 N–H and O–H groups in total. The SMILES string of the molecule is CCC1CCCCC1(NCC(F)(F)F)C(N)=O.